The molecule has 0 aliphatic carbocycles. The van der Waals surface area contributed by atoms with Crippen molar-refractivity contribution in [1.29, 1.82) is 0 Å². The average Bonchev–Trinajstić information content (AvgIpc) is 2.53. The minimum absolute atomic E-state index is 0.149. The van der Waals surface area contributed by atoms with E-state index >= 15 is 0 Å². The lowest BCUT2D eigenvalue weighted by molar-refractivity contribution is -0.136. The molecule has 0 radical (unpaired) electrons. The van der Waals surface area contributed by atoms with Crippen molar-refractivity contribution in [1.82, 2.24) is 0 Å². The van der Waals surface area contributed by atoms with Crippen LogP contribution in [0.1, 0.15) is 47.0 Å². The fourth-order valence-electron chi connectivity index (χ4n) is 0.890. The van der Waals surface area contributed by atoms with E-state index in [1.807, 2.05) is 30.3 Å². The van der Waals surface area contributed by atoms with Crippen molar-refractivity contribution in [3.8, 4) is 5.75 Å². The Morgan fingerprint density at radius 3 is 1.90 bits per heavy atom. The maximum Gasteiger partial charge on any atom is 0.336 e. The quantitative estimate of drug-likeness (QED) is 0.565. The van der Waals surface area contributed by atoms with Gasteiger partial charge in [-0.1, -0.05) is 71.7 Å². The smallest absolute Gasteiger partial charge is 0.336 e. The van der Waals surface area contributed by atoms with Crippen molar-refractivity contribution in [3.05, 3.63) is 42.5 Å². The van der Waals surface area contributed by atoms with Gasteiger partial charge in [-0.25, -0.2) is 4.79 Å². The van der Waals surface area contributed by atoms with Crippen LogP contribution in [0, 0.1) is 0 Å². The minimum atomic E-state index is -0.444. The van der Waals surface area contributed by atoms with E-state index in [1.54, 1.807) is 0 Å². The number of carbonyl (C=O) groups excluding carboxylic acids is 1. The van der Waals surface area contributed by atoms with E-state index in [9.17, 15) is 4.79 Å². The molecule has 0 fully saturated rings. The molecule has 0 saturated heterocycles. The Hall–Kier alpha value is -1.77. The van der Waals surface area contributed by atoms with E-state index in [2.05, 4.69) is 39.0 Å². The van der Waals surface area contributed by atoms with Crippen LogP contribution < -0.4 is 4.74 Å². The average molecular weight is 294 g/mol. The van der Waals surface area contributed by atoms with Gasteiger partial charge in [0.2, 0.25) is 0 Å². The largest absolute Gasteiger partial charge is 0.489 e. The maximum atomic E-state index is 10.9. The van der Waals surface area contributed by atoms with Gasteiger partial charge in [0.05, 0.1) is 12.7 Å². The number of hydrogen-bond acceptors (Lipinski definition) is 3. The molecule has 0 N–H and O–H groups in total. The van der Waals surface area contributed by atoms with Crippen molar-refractivity contribution >= 4 is 5.97 Å². The number of para-hydroxylation sites is 1. The van der Waals surface area contributed by atoms with Crippen LogP contribution >= 0.6 is 0 Å². The molecule has 3 heteroatoms. The van der Waals surface area contributed by atoms with Gasteiger partial charge in [-0.15, -0.1) is 0 Å². The lowest BCUT2D eigenvalue weighted by Gasteiger charge is -2.06. The molecule has 1 aromatic carbocycles. The summed E-state index contributed by atoms with van der Waals surface area (Å²) >= 11 is 0. The Bertz CT molecular complexity index is 356. The molecule has 0 aromatic heterocycles. The van der Waals surface area contributed by atoms with E-state index in [1.165, 1.54) is 26.4 Å². The van der Waals surface area contributed by atoms with Gasteiger partial charge in [-0.3, -0.25) is 0 Å². The van der Waals surface area contributed by atoms with E-state index in [4.69, 9.17) is 4.74 Å². The summed E-state index contributed by atoms with van der Waals surface area (Å²) in [6.45, 7) is 12.3. The van der Waals surface area contributed by atoms with Crippen molar-refractivity contribution < 1.29 is 14.3 Å². The standard InChI is InChI=1S/C11H12O3.C4H10.C3H8/c1-9(11(12)13-2)8-14-10-6-4-3-5-7-10;1-3-4-2;1-3-2/h3-7H,1,8H2,2H3;3-4H2,1-2H3;3H2,1-2H3. The molecule has 1 aromatic rings. The first kappa shape index (κ1) is 21.5. The second-order valence-corrected chi connectivity index (χ2v) is 4.40. The molecule has 0 atom stereocenters. The third-order valence-electron chi connectivity index (χ3n) is 2.13. The number of benzene rings is 1. The Kier molecular flexibility index (Phi) is 16.7. The van der Waals surface area contributed by atoms with Gasteiger partial charge in [-0.05, 0) is 12.1 Å². The van der Waals surface area contributed by atoms with E-state index in [0.717, 1.165) is 0 Å². The maximum absolute atomic E-state index is 10.9. The third-order valence-corrected chi connectivity index (χ3v) is 2.13. The van der Waals surface area contributed by atoms with Gasteiger partial charge in [0.25, 0.3) is 0 Å². The zero-order valence-corrected chi connectivity index (χ0v) is 14.1. The predicted molar refractivity (Wildman–Crippen MR) is 89.6 cm³/mol. The molecule has 1 rings (SSSR count). The van der Waals surface area contributed by atoms with Gasteiger partial charge in [0, 0.05) is 0 Å². The van der Waals surface area contributed by atoms with Crippen LogP contribution in [-0.2, 0) is 9.53 Å². The number of esters is 1. The molecule has 0 aliphatic rings. The third kappa shape index (κ3) is 14.4. The van der Waals surface area contributed by atoms with Crippen LogP contribution in [0.4, 0.5) is 0 Å². The van der Waals surface area contributed by atoms with E-state index in [0.29, 0.717) is 11.3 Å². The number of methoxy groups -OCH3 is 1. The van der Waals surface area contributed by atoms with Crippen LogP contribution in [0.15, 0.2) is 42.5 Å². The highest BCUT2D eigenvalue weighted by molar-refractivity contribution is 5.87. The molecular formula is C18H30O3. The van der Waals surface area contributed by atoms with Gasteiger partial charge in [-0.2, -0.15) is 0 Å². The van der Waals surface area contributed by atoms with Gasteiger partial charge in [0.15, 0.2) is 0 Å². The molecule has 0 unspecified atom stereocenters. The van der Waals surface area contributed by atoms with Gasteiger partial charge >= 0.3 is 5.97 Å². The number of rotatable bonds is 5. The zero-order valence-electron chi connectivity index (χ0n) is 14.1. The summed E-state index contributed by atoms with van der Waals surface area (Å²) < 4.78 is 9.77. The lowest BCUT2D eigenvalue weighted by Crippen LogP contribution is -2.11. The number of unbranched alkanes of at least 4 members (excludes halogenated alkanes) is 1. The summed E-state index contributed by atoms with van der Waals surface area (Å²) in [5.74, 6) is 0.262. The summed E-state index contributed by atoms with van der Waals surface area (Å²) in [4.78, 5) is 10.9. The van der Waals surface area contributed by atoms with Crippen LogP contribution in [0.5, 0.6) is 5.75 Å². The monoisotopic (exact) mass is 294 g/mol. The number of hydrogen-bond donors (Lipinski definition) is 0. The predicted octanol–water partition coefficient (Wildman–Crippen LogP) is 5.02. The minimum Gasteiger partial charge on any atom is -0.489 e. The normalized spacial score (nSPS) is 8.43. The molecule has 0 saturated carbocycles. The fraction of sp³-hybridized carbons (Fsp3) is 0.500. The fourth-order valence-corrected chi connectivity index (χ4v) is 0.890. The molecule has 0 spiro atoms. The Morgan fingerprint density at radius 1 is 1.05 bits per heavy atom. The second kappa shape index (κ2) is 16.3. The van der Waals surface area contributed by atoms with Crippen LogP contribution in [0.2, 0.25) is 0 Å². The summed E-state index contributed by atoms with van der Waals surface area (Å²) in [6.07, 6.45) is 3.89. The Morgan fingerprint density at radius 2 is 1.52 bits per heavy atom. The molecule has 0 bridgehead atoms. The van der Waals surface area contributed by atoms with E-state index < -0.39 is 5.97 Å². The molecular weight excluding hydrogens is 264 g/mol. The summed E-state index contributed by atoms with van der Waals surface area (Å²) in [5, 5.41) is 0. The van der Waals surface area contributed by atoms with Crippen LogP contribution in [0.25, 0.3) is 0 Å². The Labute approximate surface area is 130 Å². The molecule has 0 aliphatic heterocycles. The highest BCUT2D eigenvalue weighted by Crippen LogP contribution is 2.09. The molecule has 3 nitrogen and oxygen atoms in total. The molecule has 0 heterocycles. The van der Waals surface area contributed by atoms with Crippen molar-refractivity contribution in [2.45, 2.75) is 47.0 Å². The van der Waals surface area contributed by atoms with Gasteiger partial charge in [0.1, 0.15) is 12.4 Å². The van der Waals surface area contributed by atoms with Crippen LogP contribution in [0.3, 0.4) is 0 Å². The summed E-state index contributed by atoms with van der Waals surface area (Å²) in [7, 11) is 1.32. The first-order chi connectivity index (χ1) is 10.1. The highest BCUT2D eigenvalue weighted by Gasteiger charge is 2.06. The lowest BCUT2D eigenvalue weighted by atomic mass is 10.3. The SMILES string of the molecule is C=C(COc1ccccc1)C(=O)OC.CCC.CCCC. The number of carbonyl (C=O) groups is 1. The Balaban J connectivity index is 0. The van der Waals surface area contributed by atoms with Crippen molar-refractivity contribution in [2.24, 2.45) is 0 Å². The number of ether oxygens (including phenoxy) is 2. The highest BCUT2D eigenvalue weighted by atomic mass is 16.5. The van der Waals surface area contributed by atoms with E-state index in [-0.39, 0.29) is 6.61 Å². The zero-order chi connectivity index (χ0) is 16.5. The van der Waals surface area contributed by atoms with Crippen LogP contribution in [-0.4, -0.2) is 19.7 Å². The first-order valence-electron chi connectivity index (χ1n) is 7.51. The van der Waals surface area contributed by atoms with Crippen molar-refractivity contribution in [2.75, 3.05) is 13.7 Å². The summed E-state index contributed by atoms with van der Waals surface area (Å²) in [6, 6.07) is 9.23. The molecule has 120 valence electrons. The van der Waals surface area contributed by atoms with Gasteiger partial charge < -0.3 is 9.47 Å². The van der Waals surface area contributed by atoms with Crippen molar-refractivity contribution in [3.63, 3.8) is 0 Å². The topological polar surface area (TPSA) is 35.5 Å². The summed E-state index contributed by atoms with van der Waals surface area (Å²) in [5.41, 5.74) is 0.302. The second-order valence-electron chi connectivity index (χ2n) is 4.40. The molecule has 21 heavy (non-hydrogen) atoms. The molecule has 0 amide bonds. The first-order valence-corrected chi connectivity index (χ1v) is 7.51.